The van der Waals surface area contributed by atoms with Crippen LogP contribution >= 0.6 is 0 Å². The fraction of sp³-hybridized carbons (Fsp3) is 0.269. The van der Waals surface area contributed by atoms with E-state index in [-0.39, 0.29) is 6.54 Å². The average molecular weight is 503 g/mol. The molecule has 0 bridgehead atoms. The summed E-state index contributed by atoms with van der Waals surface area (Å²) in [5, 5.41) is 3.30. The van der Waals surface area contributed by atoms with E-state index in [1.807, 2.05) is 54.9 Å². The van der Waals surface area contributed by atoms with Crippen molar-refractivity contribution >= 4 is 39.5 Å². The van der Waals surface area contributed by atoms with E-state index in [0.29, 0.717) is 41.5 Å². The number of halogens is 2. The van der Waals surface area contributed by atoms with Gasteiger partial charge in [0, 0.05) is 37.8 Å². The van der Waals surface area contributed by atoms with E-state index in [0.717, 1.165) is 28.0 Å². The predicted octanol–water partition coefficient (Wildman–Crippen LogP) is 5.24. The van der Waals surface area contributed by atoms with Gasteiger partial charge in [0.05, 0.1) is 23.6 Å². The monoisotopic (exact) mass is 502 g/mol. The molecule has 6 rings (SSSR count). The van der Waals surface area contributed by atoms with E-state index >= 15 is 0 Å². The summed E-state index contributed by atoms with van der Waals surface area (Å²) in [6, 6.07) is 11.6. The lowest BCUT2D eigenvalue weighted by molar-refractivity contribution is 0.0879. The topological polar surface area (TPSA) is 93.9 Å². The Morgan fingerprint density at radius 3 is 2.76 bits per heavy atom. The van der Waals surface area contributed by atoms with Gasteiger partial charge in [0.1, 0.15) is 28.9 Å². The van der Waals surface area contributed by atoms with E-state index in [1.54, 1.807) is 17.4 Å². The van der Waals surface area contributed by atoms with Gasteiger partial charge in [-0.15, -0.1) is 0 Å². The number of benzene rings is 2. The zero-order valence-corrected chi connectivity index (χ0v) is 20.3. The van der Waals surface area contributed by atoms with Crippen LogP contribution < -0.4 is 15.0 Å². The first-order valence-corrected chi connectivity index (χ1v) is 11.9. The minimum Gasteiger partial charge on any atom is -0.457 e. The van der Waals surface area contributed by atoms with Crippen molar-refractivity contribution in [2.24, 2.45) is 13.0 Å². The van der Waals surface area contributed by atoms with Crippen LogP contribution in [0, 0.1) is 12.8 Å². The fourth-order valence-electron chi connectivity index (χ4n) is 4.55. The smallest absolute Gasteiger partial charge is 0.243 e. The van der Waals surface area contributed by atoms with Crippen LogP contribution in [0.15, 0.2) is 55.2 Å². The van der Waals surface area contributed by atoms with Crippen LogP contribution in [0.2, 0.25) is 0 Å². The van der Waals surface area contributed by atoms with E-state index < -0.39 is 12.3 Å². The van der Waals surface area contributed by atoms with Gasteiger partial charge in [0.25, 0.3) is 0 Å². The van der Waals surface area contributed by atoms with E-state index in [1.165, 1.54) is 6.33 Å². The largest absolute Gasteiger partial charge is 0.457 e. The van der Waals surface area contributed by atoms with Crippen molar-refractivity contribution in [3.05, 3.63) is 60.8 Å². The van der Waals surface area contributed by atoms with Gasteiger partial charge in [-0.05, 0) is 49.2 Å². The highest BCUT2D eigenvalue weighted by atomic mass is 19.3. The Labute approximate surface area is 211 Å². The lowest BCUT2D eigenvalue weighted by atomic mass is 10.1. The first-order valence-electron chi connectivity index (χ1n) is 11.9. The standard InChI is InChI=1S/C26H24F2N8O/c1-15-9-17(3-6-22(15)37-18-4-5-21-19(10-18)32-14-35(21)2)33-25-23-20(30-13-31-25)11-29-26(34-23)36-8-7-16(12-36)24(27)28/h3-6,9-11,13-14,16,24H,7-8,12H2,1-2H3,(H,30,31,33). The highest BCUT2D eigenvalue weighted by Gasteiger charge is 2.31. The summed E-state index contributed by atoms with van der Waals surface area (Å²) in [5.41, 5.74) is 4.71. The number of ether oxygens (including phenoxy) is 1. The Hall–Kier alpha value is -4.41. The van der Waals surface area contributed by atoms with Crippen LogP contribution in [0.1, 0.15) is 12.0 Å². The lowest BCUT2D eigenvalue weighted by Gasteiger charge is -2.17. The van der Waals surface area contributed by atoms with Gasteiger partial charge in [0.2, 0.25) is 12.4 Å². The lowest BCUT2D eigenvalue weighted by Crippen LogP contribution is -2.24. The van der Waals surface area contributed by atoms with E-state index in [4.69, 9.17) is 4.74 Å². The van der Waals surface area contributed by atoms with E-state index in [9.17, 15) is 8.78 Å². The highest BCUT2D eigenvalue weighted by molar-refractivity contribution is 5.87. The number of alkyl halides is 2. The van der Waals surface area contributed by atoms with E-state index in [2.05, 4.69) is 30.2 Å². The second-order valence-electron chi connectivity index (χ2n) is 9.17. The van der Waals surface area contributed by atoms with Crippen LogP contribution in [-0.4, -0.2) is 49.0 Å². The molecule has 5 aromatic rings. The Kier molecular flexibility index (Phi) is 5.74. The van der Waals surface area contributed by atoms with Crippen molar-refractivity contribution in [1.29, 1.82) is 0 Å². The van der Waals surface area contributed by atoms with Crippen molar-refractivity contribution < 1.29 is 13.5 Å². The van der Waals surface area contributed by atoms with Gasteiger partial charge in [0.15, 0.2) is 5.82 Å². The van der Waals surface area contributed by atoms with Crippen molar-refractivity contribution in [3.63, 3.8) is 0 Å². The second-order valence-corrected chi connectivity index (χ2v) is 9.17. The summed E-state index contributed by atoms with van der Waals surface area (Å²) in [7, 11) is 1.95. The highest BCUT2D eigenvalue weighted by Crippen LogP contribution is 2.31. The van der Waals surface area contributed by atoms with Gasteiger partial charge < -0.3 is 19.5 Å². The van der Waals surface area contributed by atoms with Gasteiger partial charge in [-0.2, -0.15) is 0 Å². The number of hydrogen-bond acceptors (Lipinski definition) is 8. The summed E-state index contributed by atoms with van der Waals surface area (Å²) in [4.78, 5) is 23.8. The molecule has 4 heterocycles. The maximum atomic E-state index is 13.1. The molecule has 0 amide bonds. The number of nitrogens with zero attached hydrogens (tertiary/aromatic N) is 7. The van der Waals surface area contributed by atoms with Crippen LogP contribution in [0.3, 0.4) is 0 Å². The van der Waals surface area contributed by atoms with Gasteiger partial charge in [-0.1, -0.05) is 0 Å². The molecule has 1 saturated heterocycles. The summed E-state index contributed by atoms with van der Waals surface area (Å²) in [6.45, 7) is 2.68. The first kappa shape index (κ1) is 23.0. The van der Waals surface area contributed by atoms with Gasteiger partial charge in [-0.25, -0.2) is 33.7 Å². The number of aromatic nitrogens is 6. The van der Waals surface area contributed by atoms with Crippen molar-refractivity contribution in [1.82, 2.24) is 29.5 Å². The number of aryl methyl sites for hydroxylation is 2. The molecule has 1 fully saturated rings. The number of hydrogen-bond donors (Lipinski definition) is 1. The first-order chi connectivity index (χ1) is 17.9. The molecule has 188 valence electrons. The maximum absolute atomic E-state index is 13.1. The number of anilines is 3. The quantitative estimate of drug-likeness (QED) is 0.337. The molecule has 0 aliphatic carbocycles. The molecule has 2 aromatic carbocycles. The Bertz CT molecular complexity index is 1600. The molecule has 0 radical (unpaired) electrons. The Balaban J connectivity index is 1.23. The molecule has 1 atom stereocenters. The van der Waals surface area contributed by atoms with Crippen molar-refractivity contribution in [3.8, 4) is 11.5 Å². The van der Waals surface area contributed by atoms with Crippen LogP contribution in [0.4, 0.5) is 26.2 Å². The molecule has 0 spiro atoms. The predicted molar refractivity (Wildman–Crippen MR) is 137 cm³/mol. The molecule has 1 aliphatic rings. The molecule has 37 heavy (non-hydrogen) atoms. The minimum absolute atomic E-state index is 0.230. The number of imidazole rings is 1. The number of nitrogens with one attached hydrogen (secondary N) is 1. The summed E-state index contributed by atoms with van der Waals surface area (Å²) in [6.07, 6.45) is 2.88. The minimum atomic E-state index is -2.35. The third-order valence-corrected chi connectivity index (χ3v) is 6.59. The normalized spacial score (nSPS) is 15.7. The average Bonchev–Trinajstić information content (AvgIpc) is 3.53. The van der Waals surface area contributed by atoms with Crippen LogP contribution in [0.25, 0.3) is 22.1 Å². The molecular weight excluding hydrogens is 478 g/mol. The van der Waals surface area contributed by atoms with Crippen LogP contribution in [0.5, 0.6) is 11.5 Å². The summed E-state index contributed by atoms with van der Waals surface area (Å²) >= 11 is 0. The molecule has 3 aromatic heterocycles. The second kappa shape index (κ2) is 9.23. The van der Waals surface area contributed by atoms with Crippen LogP contribution in [-0.2, 0) is 7.05 Å². The third kappa shape index (κ3) is 4.48. The van der Waals surface area contributed by atoms with Gasteiger partial charge in [-0.3, -0.25) is 0 Å². The Morgan fingerprint density at radius 2 is 1.95 bits per heavy atom. The molecule has 11 heteroatoms. The SMILES string of the molecule is Cc1cc(Nc2ncnc3cnc(N4CCC(C(F)F)C4)nc23)ccc1Oc1ccc2c(c1)ncn2C. The zero-order valence-electron chi connectivity index (χ0n) is 20.3. The van der Waals surface area contributed by atoms with Crippen molar-refractivity contribution in [2.45, 2.75) is 19.8 Å². The van der Waals surface area contributed by atoms with Gasteiger partial charge >= 0.3 is 0 Å². The molecule has 1 unspecified atom stereocenters. The summed E-state index contributed by atoms with van der Waals surface area (Å²) in [5.74, 6) is 1.67. The fourth-order valence-corrected chi connectivity index (χ4v) is 4.55. The zero-order chi connectivity index (χ0) is 25.5. The summed E-state index contributed by atoms with van der Waals surface area (Å²) < 4.78 is 34.3. The maximum Gasteiger partial charge on any atom is 0.243 e. The van der Waals surface area contributed by atoms with Crippen molar-refractivity contribution in [2.75, 3.05) is 23.3 Å². The Morgan fingerprint density at radius 1 is 1.05 bits per heavy atom. The molecule has 1 aliphatic heterocycles. The number of fused-ring (bicyclic) bond motifs is 2. The third-order valence-electron chi connectivity index (χ3n) is 6.59. The molecule has 9 nitrogen and oxygen atoms in total. The number of rotatable bonds is 6. The molecule has 1 N–H and O–H groups in total. The molecule has 0 saturated carbocycles. The molecular formula is C26H24F2N8O.